The zero-order valence-corrected chi connectivity index (χ0v) is 14.0. The summed E-state index contributed by atoms with van der Waals surface area (Å²) in [4.78, 5) is 25.9. The molecule has 6 heteroatoms. The van der Waals surface area contributed by atoms with Crippen LogP contribution in [0, 0.1) is 5.92 Å². The number of hydrogen-bond donors (Lipinski definition) is 1. The monoisotopic (exact) mass is 347 g/mol. The Hall–Kier alpha value is -2.27. The minimum atomic E-state index is -1.00. The zero-order valence-electron chi connectivity index (χ0n) is 13.2. The number of hydrogen-bond acceptors (Lipinski definition) is 4. The Morgan fingerprint density at radius 3 is 2.92 bits per heavy atom. The van der Waals surface area contributed by atoms with Gasteiger partial charge >= 0.3 is 11.9 Å². The van der Waals surface area contributed by atoms with Crippen LogP contribution in [-0.2, 0) is 9.53 Å². The molecule has 0 radical (unpaired) electrons. The highest BCUT2D eigenvalue weighted by molar-refractivity contribution is 6.30. The number of esters is 1. The predicted octanol–water partition coefficient (Wildman–Crippen LogP) is 3.42. The lowest BCUT2D eigenvalue weighted by molar-refractivity contribution is -0.146. The number of rotatable bonds is 4. The minimum Gasteiger partial charge on any atom is -0.478 e. The van der Waals surface area contributed by atoms with Crippen LogP contribution in [0.25, 0.3) is 0 Å². The Morgan fingerprint density at radius 2 is 2.21 bits per heavy atom. The molecule has 0 aliphatic carbocycles. The SMILES string of the molecule is CCOC(=O)C1CC(c2cc(Cl)ccc2C(=O)O)N2CC=CC=C12. The fourth-order valence-corrected chi connectivity index (χ4v) is 3.58. The molecule has 1 fully saturated rings. The van der Waals surface area contributed by atoms with Crippen molar-refractivity contribution in [3.05, 3.63) is 58.3 Å². The molecule has 0 aromatic heterocycles. The van der Waals surface area contributed by atoms with Gasteiger partial charge in [-0.05, 0) is 43.2 Å². The molecular formula is C18H18ClNO4. The average molecular weight is 348 g/mol. The highest BCUT2D eigenvalue weighted by Gasteiger charge is 2.42. The van der Waals surface area contributed by atoms with Crippen LogP contribution in [0.5, 0.6) is 0 Å². The molecule has 24 heavy (non-hydrogen) atoms. The van der Waals surface area contributed by atoms with Crippen molar-refractivity contribution < 1.29 is 19.4 Å². The van der Waals surface area contributed by atoms with E-state index < -0.39 is 5.97 Å². The van der Waals surface area contributed by atoms with Gasteiger partial charge in [-0.2, -0.15) is 0 Å². The van der Waals surface area contributed by atoms with E-state index in [2.05, 4.69) is 4.90 Å². The van der Waals surface area contributed by atoms with Gasteiger partial charge in [-0.1, -0.05) is 23.8 Å². The average Bonchev–Trinajstić information content (AvgIpc) is 2.94. The van der Waals surface area contributed by atoms with Crippen molar-refractivity contribution in [3.63, 3.8) is 0 Å². The lowest BCUT2D eigenvalue weighted by Crippen LogP contribution is -2.26. The fraction of sp³-hybridized carbons (Fsp3) is 0.333. The highest BCUT2D eigenvalue weighted by atomic mass is 35.5. The molecule has 1 N–H and O–H groups in total. The normalized spacial score (nSPS) is 22.1. The molecule has 5 nitrogen and oxygen atoms in total. The van der Waals surface area contributed by atoms with Crippen molar-refractivity contribution in [3.8, 4) is 0 Å². The molecule has 2 aliphatic rings. The van der Waals surface area contributed by atoms with E-state index in [1.807, 2.05) is 18.2 Å². The Balaban J connectivity index is 2.02. The first kappa shape index (κ1) is 16.6. The maximum atomic E-state index is 12.3. The number of aromatic carboxylic acids is 1. The number of ether oxygens (including phenoxy) is 1. The van der Waals surface area contributed by atoms with Crippen molar-refractivity contribution >= 4 is 23.5 Å². The van der Waals surface area contributed by atoms with Crippen molar-refractivity contribution in [1.82, 2.24) is 4.90 Å². The summed E-state index contributed by atoms with van der Waals surface area (Å²) in [5.74, 6) is -1.66. The number of benzene rings is 1. The second-order valence-electron chi connectivity index (χ2n) is 5.76. The van der Waals surface area contributed by atoms with Crippen molar-refractivity contribution in [1.29, 1.82) is 0 Å². The van der Waals surface area contributed by atoms with Crippen LogP contribution in [0.3, 0.4) is 0 Å². The van der Waals surface area contributed by atoms with Gasteiger partial charge in [-0.15, -0.1) is 0 Å². The van der Waals surface area contributed by atoms with E-state index in [4.69, 9.17) is 16.3 Å². The van der Waals surface area contributed by atoms with Crippen molar-refractivity contribution in [2.75, 3.05) is 13.2 Å². The van der Waals surface area contributed by atoms with E-state index in [-0.39, 0.29) is 23.5 Å². The van der Waals surface area contributed by atoms with Gasteiger partial charge in [0.2, 0.25) is 0 Å². The first-order valence-corrected chi connectivity index (χ1v) is 8.23. The topological polar surface area (TPSA) is 66.8 Å². The summed E-state index contributed by atoms with van der Waals surface area (Å²) in [7, 11) is 0. The first-order valence-electron chi connectivity index (χ1n) is 7.85. The van der Waals surface area contributed by atoms with Gasteiger partial charge in [0.25, 0.3) is 0 Å². The molecular weight excluding hydrogens is 330 g/mol. The summed E-state index contributed by atoms with van der Waals surface area (Å²) in [6.45, 7) is 2.72. The summed E-state index contributed by atoms with van der Waals surface area (Å²) < 4.78 is 5.19. The molecule has 0 amide bonds. The van der Waals surface area contributed by atoms with Gasteiger partial charge < -0.3 is 14.7 Å². The van der Waals surface area contributed by atoms with E-state index >= 15 is 0 Å². The molecule has 0 saturated carbocycles. The molecule has 2 aliphatic heterocycles. The molecule has 0 spiro atoms. The van der Waals surface area contributed by atoms with Crippen molar-refractivity contribution in [2.45, 2.75) is 19.4 Å². The van der Waals surface area contributed by atoms with Gasteiger partial charge in [0, 0.05) is 17.3 Å². The summed E-state index contributed by atoms with van der Waals surface area (Å²) in [6, 6.07) is 4.54. The third-order valence-corrected chi connectivity index (χ3v) is 4.64. The summed E-state index contributed by atoms with van der Waals surface area (Å²) in [5.41, 5.74) is 1.71. The summed E-state index contributed by atoms with van der Waals surface area (Å²) >= 11 is 6.09. The number of carbonyl (C=O) groups excluding carboxylic acids is 1. The van der Waals surface area contributed by atoms with Gasteiger partial charge in [-0.3, -0.25) is 4.79 Å². The van der Waals surface area contributed by atoms with E-state index in [0.717, 1.165) is 5.70 Å². The van der Waals surface area contributed by atoms with Crippen LogP contribution in [-0.4, -0.2) is 35.1 Å². The molecule has 1 saturated heterocycles. The first-order chi connectivity index (χ1) is 11.5. The van der Waals surface area contributed by atoms with E-state index in [0.29, 0.717) is 30.2 Å². The molecule has 126 valence electrons. The van der Waals surface area contributed by atoms with E-state index in [1.54, 1.807) is 19.1 Å². The smallest absolute Gasteiger partial charge is 0.336 e. The number of nitrogens with zero attached hydrogens (tertiary/aromatic N) is 1. The maximum absolute atomic E-state index is 12.3. The molecule has 0 bridgehead atoms. The number of fused-ring (bicyclic) bond motifs is 1. The second-order valence-corrected chi connectivity index (χ2v) is 6.20. The fourth-order valence-electron chi connectivity index (χ4n) is 3.40. The Bertz CT molecular complexity index is 741. The molecule has 2 atom stereocenters. The zero-order chi connectivity index (χ0) is 17.3. The van der Waals surface area contributed by atoms with Crippen LogP contribution in [0.1, 0.15) is 35.3 Å². The quantitative estimate of drug-likeness (QED) is 0.845. The van der Waals surface area contributed by atoms with E-state index in [9.17, 15) is 14.7 Å². The van der Waals surface area contributed by atoms with Crippen LogP contribution < -0.4 is 0 Å². The number of carboxylic acid groups (broad SMARTS) is 1. The Morgan fingerprint density at radius 1 is 1.42 bits per heavy atom. The lowest BCUT2D eigenvalue weighted by atomic mass is 9.95. The van der Waals surface area contributed by atoms with Gasteiger partial charge in [0.15, 0.2) is 0 Å². The number of halogens is 1. The molecule has 2 unspecified atom stereocenters. The molecule has 3 rings (SSSR count). The van der Waals surface area contributed by atoms with Crippen LogP contribution in [0.4, 0.5) is 0 Å². The highest BCUT2D eigenvalue weighted by Crippen LogP contribution is 2.45. The van der Waals surface area contributed by atoms with Crippen molar-refractivity contribution in [2.24, 2.45) is 5.92 Å². The molecule has 2 heterocycles. The Kier molecular flexibility index (Phi) is 4.62. The number of carboxylic acids is 1. The molecule has 1 aromatic carbocycles. The van der Waals surface area contributed by atoms with Gasteiger partial charge in [0.05, 0.1) is 24.1 Å². The minimum absolute atomic E-state index is 0.211. The summed E-state index contributed by atoms with van der Waals surface area (Å²) in [6.07, 6.45) is 6.27. The van der Waals surface area contributed by atoms with E-state index in [1.165, 1.54) is 6.07 Å². The number of carbonyl (C=O) groups is 2. The Labute approximate surface area is 145 Å². The van der Waals surface area contributed by atoms with Gasteiger partial charge in [0.1, 0.15) is 0 Å². The third kappa shape index (κ3) is 2.91. The second kappa shape index (κ2) is 6.69. The summed E-state index contributed by atoms with van der Waals surface area (Å²) in [5, 5.41) is 9.97. The van der Waals surface area contributed by atoms with Crippen LogP contribution >= 0.6 is 11.6 Å². The van der Waals surface area contributed by atoms with Crippen LogP contribution in [0.2, 0.25) is 5.02 Å². The largest absolute Gasteiger partial charge is 0.478 e. The van der Waals surface area contributed by atoms with Crippen LogP contribution in [0.15, 0.2) is 42.1 Å². The maximum Gasteiger partial charge on any atom is 0.336 e. The number of allylic oxidation sites excluding steroid dienone is 2. The van der Waals surface area contributed by atoms with Gasteiger partial charge in [-0.25, -0.2) is 4.79 Å². The predicted molar refractivity (Wildman–Crippen MR) is 89.8 cm³/mol. The molecule has 1 aromatic rings. The standard InChI is InChI=1S/C18H18ClNO4/c1-2-24-18(23)14-10-16(20-8-4-3-5-15(14)20)13-9-11(19)6-7-12(13)17(21)22/h3-7,9,14,16H,2,8,10H2,1H3,(H,21,22). The third-order valence-electron chi connectivity index (χ3n) is 4.40. The lowest BCUT2D eigenvalue weighted by Gasteiger charge is -2.29.